The van der Waals surface area contributed by atoms with E-state index < -0.39 is 12.1 Å². The number of carbonyl (C=O) groups excluding carboxylic acids is 1. The molecule has 2 rings (SSSR count). The van der Waals surface area contributed by atoms with Crippen molar-refractivity contribution >= 4 is 23.4 Å². The van der Waals surface area contributed by atoms with Crippen molar-refractivity contribution in [2.75, 3.05) is 25.6 Å². The largest absolute Gasteiger partial charge is 0.465 e. The number of nitrogens with zero attached hydrogens (tertiary/aromatic N) is 1. The first-order valence-corrected chi connectivity index (χ1v) is 7.79. The second-order valence-electron chi connectivity index (χ2n) is 4.72. The fourth-order valence-corrected chi connectivity index (χ4v) is 2.58. The van der Waals surface area contributed by atoms with Crippen LogP contribution in [0.15, 0.2) is 52.5 Å². The Morgan fingerprint density at radius 2 is 2.09 bits per heavy atom. The number of anilines is 1. The number of nitrogens with one attached hydrogen (secondary N) is 1. The molecule has 0 aliphatic rings. The lowest BCUT2D eigenvalue weighted by Crippen LogP contribution is -2.22. The van der Waals surface area contributed by atoms with Crippen molar-refractivity contribution in [2.24, 2.45) is 0 Å². The van der Waals surface area contributed by atoms with E-state index in [1.54, 1.807) is 18.3 Å². The van der Waals surface area contributed by atoms with Crippen LogP contribution in [0.3, 0.4) is 0 Å². The van der Waals surface area contributed by atoms with E-state index >= 15 is 0 Å². The van der Waals surface area contributed by atoms with Crippen LogP contribution in [-0.2, 0) is 4.74 Å². The second-order valence-corrected chi connectivity index (χ2v) is 5.81. The Morgan fingerprint density at radius 1 is 1.35 bits per heavy atom. The van der Waals surface area contributed by atoms with Gasteiger partial charge in [0.2, 0.25) is 0 Å². The van der Waals surface area contributed by atoms with Gasteiger partial charge in [0.05, 0.1) is 25.4 Å². The minimum absolute atomic E-state index is 0.275. The van der Waals surface area contributed by atoms with Crippen molar-refractivity contribution in [3.8, 4) is 0 Å². The van der Waals surface area contributed by atoms with Crippen LogP contribution in [0.4, 0.5) is 5.69 Å². The Hall–Kier alpha value is -2.09. The normalized spacial score (nSPS) is 11.8. The molecule has 3 N–H and O–H groups in total. The van der Waals surface area contributed by atoms with Crippen molar-refractivity contribution in [1.29, 1.82) is 0 Å². The van der Waals surface area contributed by atoms with E-state index in [1.165, 1.54) is 18.9 Å². The molecular formula is C16H18N2O4S. The molecule has 0 saturated heterocycles. The number of ether oxygens (including phenoxy) is 1. The lowest BCUT2D eigenvalue weighted by molar-refractivity contribution is 0.0600. The Balaban J connectivity index is 1.99. The highest BCUT2D eigenvalue weighted by Gasteiger charge is 2.07. The van der Waals surface area contributed by atoms with E-state index in [-0.39, 0.29) is 13.2 Å². The van der Waals surface area contributed by atoms with Gasteiger partial charge in [-0.25, -0.2) is 9.78 Å². The monoisotopic (exact) mass is 334 g/mol. The van der Waals surface area contributed by atoms with E-state index in [4.69, 9.17) is 9.84 Å². The molecular weight excluding hydrogens is 316 g/mol. The molecule has 23 heavy (non-hydrogen) atoms. The molecule has 0 saturated carbocycles. The van der Waals surface area contributed by atoms with E-state index in [2.05, 4.69) is 10.3 Å². The summed E-state index contributed by atoms with van der Waals surface area (Å²) in [5.74, 6) is -0.392. The number of esters is 1. The zero-order valence-electron chi connectivity index (χ0n) is 12.6. The number of hydrogen-bond acceptors (Lipinski definition) is 7. The minimum Gasteiger partial charge on any atom is -0.465 e. The number of aliphatic hydroxyl groups is 2. The molecule has 122 valence electrons. The smallest absolute Gasteiger partial charge is 0.337 e. The molecule has 0 radical (unpaired) electrons. The van der Waals surface area contributed by atoms with Crippen LogP contribution < -0.4 is 5.32 Å². The van der Waals surface area contributed by atoms with Gasteiger partial charge in [0, 0.05) is 23.3 Å². The molecule has 0 bridgehead atoms. The lowest BCUT2D eigenvalue weighted by atomic mass is 10.3. The molecule has 0 aliphatic carbocycles. The number of rotatable bonds is 7. The van der Waals surface area contributed by atoms with Crippen LogP contribution in [0, 0.1) is 0 Å². The van der Waals surface area contributed by atoms with Gasteiger partial charge in [-0.1, -0.05) is 11.8 Å². The van der Waals surface area contributed by atoms with Crippen LogP contribution in [0.5, 0.6) is 0 Å². The molecule has 1 aromatic carbocycles. The molecule has 0 fully saturated rings. The first-order valence-electron chi connectivity index (χ1n) is 6.97. The van der Waals surface area contributed by atoms with Gasteiger partial charge in [0.25, 0.3) is 0 Å². The van der Waals surface area contributed by atoms with E-state index in [9.17, 15) is 9.90 Å². The average molecular weight is 334 g/mol. The fourth-order valence-electron chi connectivity index (χ4n) is 1.77. The molecule has 1 unspecified atom stereocenters. The van der Waals surface area contributed by atoms with Crippen molar-refractivity contribution < 1.29 is 19.7 Å². The summed E-state index contributed by atoms with van der Waals surface area (Å²) in [4.78, 5) is 16.7. The highest BCUT2D eigenvalue weighted by atomic mass is 32.2. The summed E-state index contributed by atoms with van der Waals surface area (Å²) in [5.41, 5.74) is 1.30. The number of pyridine rings is 1. The minimum atomic E-state index is -0.783. The van der Waals surface area contributed by atoms with Gasteiger partial charge in [0.1, 0.15) is 5.03 Å². The summed E-state index contributed by atoms with van der Waals surface area (Å²) in [5, 5.41) is 21.8. The number of methoxy groups -OCH3 is 1. The number of aromatic nitrogens is 1. The number of hydrogen-bond donors (Lipinski definition) is 3. The first kappa shape index (κ1) is 17.3. The Bertz CT molecular complexity index is 649. The average Bonchev–Trinajstić information content (AvgIpc) is 2.60. The molecule has 0 amide bonds. The van der Waals surface area contributed by atoms with Crippen molar-refractivity contribution in [3.63, 3.8) is 0 Å². The van der Waals surface area contributed by atoms with Crippen LogP contribution in [0.2, 0.25) is 0 Å². The Kier molecular flexibility index (Phi) is 6.40. The third-order valence-electron chi connectivity index (χ3n) is 2.99. The molecule has 0 aliphatic heterocycles. The molecule has 1 aromatic heterocycles. The summed E-state index contributed by atoms with van der Waals surface area (Å²) < 4.78 is 4.69. The highest BCUT2D eigenvalue weighted by Crippen LogP contribution is 2.27. The van der Waals surface area contributed by atoms with Gasteiger partial charge >= 0.3 is 5.97 Å². The van der Waals surface area contributed by atoms with E-state index in [0.29, 0.717) is 10.6 Å². The molecule has 1 atom stereocenters. The maximum absolute atomic E-state index is 11.5. The van der Waals surface area contributed by atoms with Gasteiger partial charge in [-0.3, -0.25) is 0 Å². The quantitative estimate of drug-likeness (QED) is 0.665. The predicted octanol–water partition coefficient (Wildman–Crippen LogP) is 1.78. The fraction of sp³-hybridized carbons (Fsp3) is 0.250. The predicted molar refractivity (Wildman–Crippen MR) is 87.7 cm³/mol. The van der Waals surface area contributed by atoms with Gasteiger partial charge < -0.3 is 20.3 Å². The van der Waals surface area contributed by atoms with Crippen LogP contribution in [0.1, 0.15) is 10.4 Å². The number of aliphatic hydroxyl groups excluding tert-OH is 2. The maximum atomic E-state index is 11.5. The van der Waals surface area contributed by atoms with Crippen molar-refractivity contribution in [2.45, 2.75) is 16.0 Å². The maximum Gasteiger partial charge on any atom is 0.337 e. The summed E-state index contributed by atoms with van der Waals surface area (Å²) in [6, 6.07) is 10.8. The second kappa shape index (κ2) is 8.52. The molecule has 1 heterocycles. The van der Waals surface area contributed by atoms with Gasteiger partial charge in [-0.2, -0.15) is 0 Å². The van der Waals surface area contributed by atoms with E-state index in [1.807, 2.05) is 24.3 Å². The molecule has 2 aromatic rings. The Labute approximate surface area is 138 Å². The van der Waals surface area contributed by atoms with Crippen LogP contribution in [-0.4, -0.2) is 47.5 Å². The third kappa shape index (κ3) is 5.24. The zero-order valence-corrected chi connectivity index (χ0v) is 13.4. The zero-order chi connectivity index (χ0) is 16.7. The van der Waals surface area contributed by atoms with Crippen LogP contribution >= 0.6 is 11.8 Å². The van der Waals surface area contributed by atoms with Gasteiger partial charge in [-0.05, 0) is 36.4 Å². The summed E-state index contributed by atoms with van der Waals surface area (Å²) in [7, 11) is 1.34. The SMILES string of the molecule is COC(=O)c1ccnc(Sc2ccc(NCC(O)CO)cc2)c1. The summed E-state index contributed by atoms with van der Waals surface area (Å²) >= 11 is 1.43. The standard InChI is InChI=1S/C16H18N2O4S/c1-22-16(21)11-6-7-17-15(8-11)23-14-4-2-12(3-5-14)18-9-13(20)10-19/h2-8,13,18-20H,9-10H2,1H3. The molecule has 7 heteroatoms. The van der Waals surface area contributed by atoms with Crippen molar-refractivity contribution in [1.82, 2.24) is 4.98 Å². The lowest BCUT2D eigenvalue weighted by Gasteiger charge is -2.10. The summed E-state index contributed by atoms with van der Waals surface area (Å²) in [6.07, 6.45) is 0.787. The van der Waals surface area contributed by atoms with Gasteiger partial charge in [-0.15, -0.1) is 0 Å². The van der Waals surface area contributed by atoms with Crippen molar-refractivity contribution in [3.05, 3.63) is 48.2 Å². The van der Waals surface area contributed by atoms with E-state index in [0.717, 1.165) is 10.6 Å². The number of carbonyl (C=O) groups is 1. The third-order valence-corrected chi connectivity index (χ3v) is 3.93. The van der Waals surface area contributed by atoms with Gasteiger partial charge in [0.15, 0.2) is 0 Å². The highest BCUT2D eigenvalue weighted by molar-refractivity contribution is 7.99. The molecule has 0 spiro atoms. The number of benzene rings is 1. The summed E-state index contributed by atoms with van der Waals surface area (Å²) in [6.45, 7) is 0.00879. The first-order chi connectivity index (χ1) is 11.1. The topological polar surface area (TPSA) is 91.7 Å². The molecule has 6 nitrogen and oxygen atoms in total. The Morgan fingerprint density at radius 3 is 2.74 bits per heavy atom. The van der Waals surface area contributed by atoms with Crippen LogP contribution in [0.25, 0.3) is 0 Å².